The van der Waals surface area contributed by atoms with Crippen LogP contribution in [-0.2, 0) is 0 Å². The van der Waals surface area contributed by atoms with Crippen LogP contribution >= 0.6 is 22.7 Å². The summed E-state index contributed by atoms with van der Waals surface area (Å²) < 4.78 is 5.03. The lowest BCUT2D eigenvalue weighted by molar-refractivity contribution is 1.19. The number of aromatic nitrogens is 2. The Hall–Kier alpha value is -6.46. The van der Waals surface area contributed by atoms with Gasteiger partial charge in [0.25, 0.3) is 0 Å². The molecule has 3 heterocycles. The lowest BCUT2D eigenvalue weighted by Gasteiger charge is -2.15. The Morgan fingerprint density at radius 1 is 0.315 bits per heavy atom. The number of fused-ring (bicyclic) bond motifs is 7. The zero-order valence-corrected chi connectivity index (χ0v) is 30.7. The van der Waals surface area contributed by atoms with Gasteiger partial charge in [0.2, 0.25) is 0 Å². The molecule has 0 radical (unpaired) electrons. The highest BCUT2D eigenvalue weighted by Crippen LogP contribution is 2.44. The van der Waals surface area contributed by atoms with E-state index < -0.39 is 0 Å². The van der Waals surface area contributed by atoms with Crippen LogP contribution < -0.4 is 0 Å². The smallest absolute Gasteiger partial charge is 0.161 e. The molecule has 0 fully saturated rings. The van der Waals surface area contributed by atoms with E-state index in [1.807, 2.05) is 22.7 Å². The van der Waals surface area contributed by atoms with Crippen LogP contribution in [0.4, 0.5) is 0 Å². The van der Waals surface area contributed by atoms with Crippen LogP contribution in [0, 0.1) is 0 Å². The highest BCUT2D eigenvalue weighted by molar-refractivity contribution is 7.26. The van der Waals surface area contributed by atoms with Gasteiger partial charge < -0.3 is 0 Å². The summed E-state index contributed by atoms with van der Waals surface area (Å²) in [6.45, 7) is 0. The van der Waals surface area contributed by atoms with E-state index >= 15 is 0 Å². The minimum absolute atomic E-state index is 0.710. The van der Waals surface area contributed by atoms with Gasteiger partial charge in [-0.2, -0.15) is 0 Å². The Balaban J connectivity index is 1.19. The fourth-order valence-electron chi connectivity index (χ4n) is 7.98. The first-order valence-electron chi connectivity index (χ1n) is 18.2. The molecule has 0 atom stereocenters. The average molecular weight is 723 g/mol. The minimum atomic E-state index is 0.710. The first-order chi connectivity index (χ1) is 26.8. The largest absolute Gasteiger partial charge is 0.228 e. The van der Waals surface area contributed by atoms with Crippen LogP contribution in [0.15, 0.2) is 182 Å². The molecular weight excluding hydrogens is 693 g/mol. The molecule has 3 aromatic heterocycles. The summed E-state index contributed by atoms with van der Waals surface area (Å²) in [4.78, 5) is 11.0. The molecule has 0 aliphatic rings. The van der Waals surface area contributed by atoms with Crippen molar-refractivity contribution in [2.75, 3.05) is 0 Å². The topological polar surface area (TPSA) is 25.8 Å². The van der Waals surface area contributed by atoms with E-state index in [2.05, 4.69) is 182 Å². The number of thiophene rings is 2. The molecule has 0 aliphatic heterocycles. The molecule has 11 rings (SSSR count). The molecule has 252 valence electrons. The maximum absolute atomic E-state index is 5.48. The van der Waals surface area contributed by atoms with E-state index in [-0.39, 0.29) is 0 Å². The molecule has 0 bridgehead atoms. The molecule has 0 saturated heterocycles. The molecule has 0 saturated carbocycles. The van der Waals surface area contributed by atoms with Gasteiger partial charge in [-0.15, -0.1) is 22.7 Å². The Kier molecular flexibility index (Phi) is 7.25. The highest BCUT2D eigenvalue weighted by Gasteiger charge is 2.20. The molecule has 8 aromatic carbocycles. The number of hydrogen-bond donors (Lipinski definition) is 0. The Morgan fingerprint density at radius 3 is 1.50 bits per heavy atom. The molecule has 0 aliphatic carbocycles. The summed E-state index contributed by atoms with van der Waals surface area (Å²) >= 11 is 3.67. The van der Waals surface area contributed by atoms with Crippen molar-refractivity contribution < 1.29 is 0 Å². The predicted molar refractivity (Wildman–Crippen MR) is 232 cm³/mol. The monoisotopic (exact) mass is 722 g/mol. The second kappa shape index (κ2) is 12.6. The molecule has 0 N–H and O–H groups in total. The first kappa shape index (κ1) is 31.1. The maximum Gasteiger partial charge on any atom is 0.161 e. The van der Waals surface area contributed by atoms with Gasteiger partial charge >= 0.3 is 0 Å². The van der Waals surface area contributed by atoms with Gasteiger partial charge in [0, 0.05) is 57.0 Å². The van der Waals surface area contributed by atoms with E-state index in [0.29, 0.717) is 5.82 Å². The molecule has 0 unspecified atom stereocenters. The highest BCUT2D eigenvalue weighted by atomic mass is 32.1. The van der Waals surface area contributed by atoms with E-state index in [1.165, 1.54) is 56.7 Å². The molecule has 4 heteroatoms. The number of nitrogens with zero attached hydrogens (tertiary/aromatic N) is 2. The Labute approximate surface area is 320 Å². The number of rotatable bonds is 5. The van der Waals surface area contributed by atoms with E-state index in [4.69, 9.17) is 9.97 Å². The van der Waals surface area contributed by atoms with Gasteiger partial charge in [0.1, 0.15) is 0 Å². The fraction of sp³-hybridized carbons (Fsp3) is 0. The number of hydrogen-bond acceptors (Lipinski definition) is 4. The van der Waals surface area contributed by atoms with Crippen molar-refractivity contribution in [3.63, 3.8) is 0 Å². The van der Waals surface area contributed by atoms with Crippen molar-refractivity contribution in [1.29, 1.82) is 0 Å². The Bertz CT molecular complexity index is 3090. The summed E-state index contributed by atoms with van der Waals surface area (Å²) in [5.74, 6) is 0.710. The third kappa shape index (κ3) is 5.07. The summed E-state index contributed by atoms with van der Waals surface area (Å²) in [5, 5.41) is 7.53. The van der Waals surface area contributed by atoms with Crippen LogP contribution in [0.3, 0.4) is 0 Å². The molecular formula is C50H30N2S2. The lowest BCUT2D eigenvalue weighted by atomic mass is 9.92. The SMILES string of the molecule is c1ccc(-c2cc(-c3cccc4ccccc34)ccc2-c2nc(-c3cccc4c3sc3ccccc34)cc(-c3cccc4c3sc3ccccc34)n2)cc1. The zero-order valence-electron chi connectivity index (χ0n) is 29.0. The second-order valence-corrected chi connectivity index (χ2v) is 15.8. The zero-order chi connectivity index (χ0) is 35.6. The summed E-state index contributed by atoms with van der Waals surface area (Å²) in [5.41, 5.74) is 9.68. The summed E-state index contributed by atoms with van der Waals surface area (Å²) in [6.07, 6.45) is 0. The van der Waals surface area contributed by atoms with E-state index in [9.17, 15) is 0 Å². The van der Waals surface area contributed by atoms with Crippen molar-refractivity contribution in [2.24, 2.45) is 0 Å². The molecule has 2 nitrogen and oxygen atoms in total. The van der Waals surface area contributed by atoms with Crippen LogP contribution in [0.1, 0.15) is 0 Å². The third-order valence-electron chi connectivity index (χ3n) is 10.5. The van der Waals surface area contributed by atoms with Gasteiger partial charge in [-0.3, -0.25) is 0 Å². The Morgan fingerprint density at radius 2 is 0.833 bits per heavy atom. The predicted octanol–water partition coefficient (Wildman–Crippen LogP) is 14.7. The van der Waals surface area contributed by atoms with Crippen molar-refractivity contribution >= 4 is 73.8 Å². The summed E-state index contributed by atoms with van der Waals surface area (Å²) in [7, 11) is 0. The van der Waals surface area contributed by atoms with Crippen LogP contribution in [0.2, 0.25) is 0 Å². The van der Waals surface area contributed by atoms with Crippen molar-refractivity contribution in [2.45, 2.75) is 0 Å². The average Bonchev–Trinajstić information content (AvgIpc) is 3.82. The van der Waals surface area contributed by atoms with Gasteiger partial charge in [-0.25, -0.2) is 9.97 Å². The maximum atomic E-state index is 5.48. The molecule has 11 aromatic rings. The van der Waals surface area contributed by atoms with Gasteiger partial charge in [0.05, 0.1) is 11.4 Å². The minimum Gasteiger partial charge on any atom is -0.228 e. The van der Waals surface area contributed by atoms with Crippen molar-refractivity contribution in [1.82, 2.24) is 9.97 Å². The second-order valence-electron chi connectivity index (χ2n) is 13.7. The molecule has 0 spiro atoms. The first-order valence-corrected chi connectivity index (χ1v) is 19.8. The van der Waals surface area contributed by atoms with Crippen LogP contribution in [0.25, 0.3) is 107 Å². The quantitative estimate of drug-likeness (QED) is 0.177. The lowest BCUT2D eigenvalue weighted by Crippen LogP contribution is -1.98. The summed E-state index contributed by atoms with van der Waals surface area (Å²) in [6, 6.07) is 65.4. The standard InChI is InChI=1S/C50H30N2S2/c1-2-13-32(14-3-1)43-29-33(35-20-10-16-31-15-4-5-17-34(31)35)27-28-40(43)50-51-44(41-23-11-21-38-36-18-6-8-25-46(36)53-48(38)41)30-45(52-50)42-24-12-22-39-37-19-7-9-26-47(37)54-49(39)42/h1-30H. The number of benzene rings is 8. The van der Waals surface area contributed by atoms with Gasteiger partial charge in [-0.1, -0.05) is 152 Å². The van der Waals surface area contributed by atoms with Crippen molar-refractivity contribution in [3.05, 3.63) is 182 Å². The van der Waals surface area contributed by atoms with E-state index in [0.717, 1.165) is 44.8 Å². The molecule has 54 heavy (non-hydrogen) atoms. The van der Waals surface area contributed by atoms with Crippen molar-refractivity contribution in [3.8, 4) is 56.2 Å². The van der Waals surface area contributed by atoms with Crippen LogP contribution in [-0.4, -0.2) is 9.97 Å². The van der Waals surface area contributed by atoms with Gasteiger partial charge in [-0.05, 0) is 63.4 Å². The molecule has 0 amide bonds. The van der Waals surface area contributed by atoms with Crippen LogP contribution in [0.5, 0.6) is 0 Å². The van der Waals surface area contributed by atoms with E-state index in [1.54, 1.807) is 0 Å². The normalized spacial score (nSPS) is 11.7. The fourth-order valence-corrected chi connectivity index (χ4v) is 10.4. The van der Waals surface area contributed by atoms with Gasteiger partial charge in [0.15, 0.2) is 5.82 Å². The third-order valence-corrected chi connectivity index (χ3v) is 13.0.